The maximum Gasteiger partial charge on any atom is 0.338 e. The highest BCUT2D eigenvalue weighted by molar-refractivity contribution is 6.33. The molecule has 8 heteroatoms. The fourth-order valence-corrected chi connectivity index (χ4v) is 2.17. The van der Waals surface area contributed by atoms with E-state index in [-0.39, 0.29) is 17.4 Å². The van der Waals surface area contributed by atoms with Crippen LogP contribution in [0.25, 0.3) is 0 Å². The minimum atomic E-state index is -0.694. The Bertz CT molecular complexity index is 850. The molecule has 0 unspecified atom stereocenters. The van der Waals surface area contributed by atoms with E-state index in [2.05, 4.69) is 5.32 Å². The monoisotopic (exact) mass is 390 g/mol. The zero-order valence-electron chi connectivity index (χ0n) is 14.8. The summed E-state index contributed by atoms with van der Waals surface area (Å²) in [6.45, 7) is 3.04. The average molecular weight is 391 g/mol. The Morgan fingerprint density at radius 1 is 1.04 bits per heavy atom. The zero-order valence-corrected chi connectivity index (χ0v) is 15.6. The topological polar surface area (TPSA) is 108 Å². The highest BCUT2D eigenvalue weighted by Crippen LogP contribution is 2.20. The summed E-state index contributed by atoms with van der Waals surface area (Å²) in [4.78, 5) is 35.6. The standard InChI is InChI=1S/C19H19ClN2O5/c1-11(2)27-19(25)12-3-6-14(7-4-12)22-17(23)10-26-18(24)13-5-8-15(20)16(21)9-13/h3-9,11H,10,21H2,1-2H3,(H,22,23). The molecule has 2 aromatic rings. The van der Waals surface area contributed by atoms with Gasteiger partial charge in [-0.05, 0) is 56.3 Å². The number of hydrogen-bond donors (Lipinski definition) is 2. The van der Waals surface area contributed by atoms with Crippen LogP contribution >= 0.6 is 11.6 Å². The molecule has 0 fully saturated rings. The molecule has 1 amide bonds. The van der Waals surface area contributed by atoms with E-state index in [1.165, 1.54) is 30.3 Å². The van der Waals surface area contributed by atoms with Crippen molar-refractivity contribution in [1.29, 1.82) is 0 Å². The number of halogens is 1. The van der Waals surface area contributed by atoms with E-state index < -0.39 is 24.5 Å². The molecular weight excluding hydrogens is 372 g/mol. The van der Waals surface area contributed by atoms with Crippen LogP contribution in [0.1, 0.15) is 34.6 Å². The van der Waals surface area contributed by atoms with Crippen molar-refractivity contribution in [2.75, 3.05) is 17.7 Å². The van der Waals surface area contributed by atoms with E-state index in [0.717, 1.165) is 0 Å². The van der Waals surface area contributed by atoms with Gasteiger partial charge < -0.3 is 20.5 Å². The van der Waals surface area contributed by atoms with Gasteiger partial charge in [0.1, 0.15) is 0 Å². The lowest BCUT2D eigenvalue weighted by Gasteiger charge is -2.09. The first-order valence-electron chi connectivity index (χ1n) is 8.09. The third-order valence-corrected chi connectivity index (χ3v) is 3.66. The van der Waals surface area contributed by atoms with Gasteiger partial charge in [0.2, 0.25) is 0 Å². The molecule has 0 aliphatic rings. The second kappa shape index (κ2) is 9.05. The van der Waals surface area contributed by atoms with Gasteiger partial charge in [-0.15, -0.1) is 0 Å². The van der Waals surface area contributed by atoms with Crippen LogP contribution in [0.4, 0.5) is 11.4 Å². The van der Waals surface area contributed by atoms with Gasteiger partial charge in [-0.25, -0.2) is 9.59 Å². The van der Waals surface area contributed by atoms with Crippen molar-refractivity contribution < 1.29 is 23.9 Å². The van der Waals surface area contributed by atoms with E-state index >= 15 is 0 Å². The Balaban J connectivity index is 1.87. The van der Waals surface area contributed by atoms with Crippen molar-refractivity contribution in [2.24, 2.45) is 0 Å². The first-order valence-corrected chi connectivity index (χ1v) is 8.47. The van der Waals surface area contributed by atoms with E-state index in [4.69, 9.17) is 26.8 Å². The number of nitrogens with one attached hydrogen (secondary N) is 1. The summed E-state index contributed by atoms with van der Waals surface area (Å²) < 4.78 is 10.0. The molecule has 142 valence electrons. The molecule has 0 aromatic heterocycles. The molecule has 0 saturated heterocycles. The van der Waals surface area contributed by atoms with Gasteiger partial charge in [0.15, 0.2) is 6.61 Å². The highest BCUT2D eigenvalue weighted by atomic mass is 35.5. The Labute approximate surface area is 161 Å². The molecular formula is C19H19ClN2O5. The Morgan fingerprint density at radius 3 is 2.26 bits per heavy atom. The fraction of sp³-hybridized carbons (Fsp3) is 0.211. The van der Waals surface area contributed by atoms with Gasteiger partial charge in [0, 0.05) is 5.69 Å². The minimum absolute atomic E-state index is 0.192. The number of rotatable bonds is 6. The number of amides is 1. The molecule has 2 aromatic carbocycles. The van der Waals surface area contributed by atoms with Gasteiger partial charge in [0.25, 0.3) is 5.91 Å². The third kappa shape index (κ3) is 6.00. The quantitative estimate of drug-likeness (QED) is 0.578. The summed E-state index contributed by atoms with van der Waals surface area (Å²) in [6, 6.07) is 10.5. The van der Waals surface area contributed by atoms with Crippen LogP contribution in [0.5, 0.6) is 0 Å². The van der Waals surface area contributed by atoms with Crippen LogP contribution in [0.3, 0.4) is 0 Å². The van der Waals surface area contributed by atoms with Crippen molar-refractivity contribution in [3.8, 4) is 0 Å². The average Bonchev–Trinajstić information content (AvgIpc) is 2.62. The summed E-state index contributed by atoms with van der Waals surface area (Å²) in [7, 11) is 0. The van der Waals surface area contributed by atoms with Crippen molar-refractivity contribution >= 4 is 40.8 Å². The van der Waals surface area contributed by atoms with Crippen LogP contribution < -0.4 is 11.1 Å². The molecule has 0 aliphatic carbocycles. The van der Waals surface area contributed by atoms with Gasteiger partial charge in [0.05, 0.1) is 27.9 Å². The number of anilines is 2. The molecule has 0 saturated carbocycles. The van der Waals surface area contributed by atoms with E-state index in [9.17, 15) is 14.4 Å². The number of carbonyl (C=O) groups excluding carboxylic acids is 3. The molecule has 0 bridgehead atoms. The molecule has 2 rings (SSSR count). The number of esters is 2. The van der Waals surface area contributed by atoms with Crippen LogP contribution in [0.2, 0.25) is 5.02 Å². The van der Waals surface area contributed by atoms with E-state index in [1.807, 2.05) is 0 Å². The van der Waals surface area contributed by atoms with Crippen LogP contribution in [0.15, 0.2) is 42.5 Å². The summed E-state index contributed by atoms with van der Waals surface area (Å²) in [5, 5.41) is 2.89. The van der Waals surface area contributed by atoms with Crippen molar-refractivity contribution in [1.82, 2.24) is 0 Å². The lowest BCUT2D eigenvalue weighted by molar-refractivity contribution is -0.119. The predicted octanol–water partition coefficient (Wildman–Crippen LogP) is 3.28. The highest BCUT2D eigenvalue weighted by Gasteiger charge is 2.13. The molecule has 0 radical (unpaired) electrons. The Hall–Kier alpha value is -3.06. The summed E-state index contributed by atoms with van der Waals surface area (Å²) >= 11 is 5.79. The lowest BCUT2D eigenvalue weighted by atomic mass is 10.2. The Kier molecular flexibility index (Phi) is 6.79. The number of hydrogen-bond acceptors (Lipinski definition) is 6. The number of carbonyl (C=O) groups is 3. The maximum atomic E-state index is 11.9. The molecule has 0 spiro atoms. The second-order valence-corrected chi connectivity index (χ2v) is 6.30. The smallest absolute Gasteiger partial charge is 0.338 e. The van der Waals surface area contributed by atoms with Crippen LogP contribution in [-0.2, 0) is 14.3 Å². The SMILES string of the molecule is CC(C)OC(=O)c1ccc(NC(=O)COC(=O)c2ccc(Cl)c(N)c2)cc1. The molecule has 0 heterocycles. The first kappa shape index (κ1) is 20.3. The Morgan fingerprint density at radius 2 is 1.67 bits per heavy atom. The lowest BCUT2D eigenvalue weighted by Crippen LogP contribution is -2.21. The number of ether oxygens (including phenoxy) is 2. The summed E-state index contributed by atoms with van der Waals surface area (Å²) in [6.07, 6.45) is -0.220. The minimum Gasteiger partial charge on any atom is -0.459 e. The van der Waals surface area contributed by atoms with E-state index in [1.54, 1.807) is 26.0 Å². The predicted molar refractivity (Wildman–Crippen MR) is 102 cm³/mol. The molecule has 0 aliphatic heterocycles. The first-order chi connectivity index (χ1) is 12.8. The van der Waals surface area contributed by atoms with E-state index in [0.29, 0.717) is 16.3 Å². The molecule has 0 atom stereocenters. The van der Waals surface area contributed by atoms with Gasteiger partial charge in [-0.3, -0.25) is 4.79 Å². The largest absolute Gasteiger partial charge is 0.459 e. The third-order valence-electron chi connectivity index (χ3n) is 3.31. The number of nitrogen functional groups attached to an aromatic ring is 1. The van der Waals surface area contributed by atoms with Crippen molar-refractivity contribution in [2.45, 2.75) is 20.0 Å². The second-order valence-electron chi connectivity index (χ2n) is 5.89. The normalized spacial score (nSPS) is 10.4. The maximum absolute atomic E-state index is 11.9. The van der Waals surface area contributed by atoms with Gasteiger partial charge in [-0.1, -0.05) is 11.6 Å². The number of nitrogens with two attached hydrogens (primary N) is 1. The number of benzene rings is 2. The van der Waals surface area contributed by atoms with Gasteiger partial charge >= 0.3 is 11.9 Å². The summed E-state index contributed by atoms with van der Waals surface area (Å²) in [5.41, 5.74) is 6.88. The summed E-state index contributed by atoms with van der Waals surface area (Å²) in [5.74, 6) is -1.66. The zero-order chi connectivity index (χ0) is 20.0. The fourth-order valence-electron chi connectivity index (χ4n) is 2.05. The molecule has 7 nitrogen and oxygen atoms in total. The van der Waals surface area contributed by atoms with Crippen molar-refractivity contribution in [3.63, 3.8) is 0 Å². The van der Waals surface area contributed by atoms with Gasteiger partial charge in [-0.2, -0.15) is 0 Å². The molecule has 3 N–H and O–H groups in total. The van der Waals surface area contributed by atoms with Crippen LogP contribution in [-0.4, -0.2) is 30.6 Å². The molecule has 27 heavy (non-hydrogen) atoms. The van der Waals surface area contributed by atoms with Crippen LogP contribution in [0, 0.1) is 0 Å². The van der Waals surface area contributed by atoms with Crippen molar-refractivity contribution in [3.05, 3.63) is 58.6 Å².